The smallest absolute Gasteiger partial charge is 0.305 e. The zero-order valence-corrected chi connectivity index (χ0v) is 38.0. The van der Waals surface area contributed by atoms with E-state index in [1.807, 2.05) is 36.4 Å². The topological polar surface area (TPSA) is 198 Å². The number of benzene rings is 1. The number of aromatic nitrogens is 3. The molecule has 7 heterocycles. The predicted octanol–water partition coefficient (Wildman–Crippen LogP) is 5.04. The van der Waals surface area contributed by atoms with Gasteiger partial charge in [0, 0.05) is 90.2 Å². The number of piperidine rings is 1. The monoisotopic (exact) mass is 912 g/mol. The van der Waals surface area contributed by atoms with Crippen LogP contribution in [0.4, 0.5) is 28.8 Å². The van der Waals surface area contributed by atoms with E-state index in [4.69, 9.17) is 18.9 Å². The molecule has 18 nitrogen and oxygen atoms in total. The maximum atomic E-state index is 14.5. The second-order valence-corrected chi connectivity index (χ2v) is 17.5. The van der Waals surface area contributed by atoms with Gasteiger partial charge in [-0.3, -0.25) is 34.3 Å². The number of hydrogen-bond acceptors (Lipinski definition) is 16. The number of aliphatic imine (C=N–C) groups is 1. The van der Waals surface area contributed by atoms with Crippen molar-refractivity contribution in [3.05, 3.63) is 114 Å². The molecule has 4 aliphatic heterocycles. The van der Waals surface area contributed by atoms with Crippen LogP contribution in [0, 0.1) is 5.92 Å². The predicted molar refractivity (Wildman–Crippen MR) is 258 cm³/mol. The lowest BCUT2D eigenvalue weighted by Crippen LogP contribution is -2.46. The number of carbonyl (C=O) groups excluding carboxylic acids is 2. The lowest BCUT2D eigenvalue weighted by atomic mass is 9.85. The maximum absolute atomic E-state index is 14.5. The second-order valence-electron chi connectivity index (χ2n) is 17.5. The van der Waals surface area contributed by atoms with Gasteiger partial charge in [0.2, 0.25) is 11.7 Å². The first-order valence-electron chi connectivity index (χ1n) is 23.2. The Labute approximate surface area is 390 Å². The highest BCUT2D eigenvalue weighted by Gasteiger charge is 2.38. The van der Waals surface area contributed by atoms with E-state index in [2.05, 4.69) is 75.9 Å². The van der Waals surface area contributed by atoms with Crippen molar-refractivity contribution in [2.75, 3.05) is 105 Å². The van der Waals surface area contributed by atoms with E-state index < -0.39 is 18.2 Å². The molecule has 1 aromatic carbocycles. The van der Waals surface area contributed by atoms with Gasteiger partial charge in [0.05, 0.1) is 54.5 Å². The number of likely N-dealkylation sites (tertiary alicyclic amines) is 1. The summed E-state index contributed by atoms with van der Waals surface area (Å²) >= 11 is 0. The molecule has 5 aliphatic rings. The van der Waals surface area contributed by atoms with Gasteiger partial charge < -0.3 is 50.1 Å². The molecule has 9 rings (SSSR count). The van der Waals surface area contributed by atoms with Crippen molar-refractivity contribution in [3.63, 3.8) is 0 Å². The Balaban J connectivity index is 0.929. The van der Waals surface area contributed by atoms with Crippen LogP contribution in [-0.4, -0.2) is 129 Å². The highest BCUT2D eigenvalue weighted by atomic mass is 16.5. The summed E-state index contributed by atoms with van der Waals surface area (Å²) in [5, 5.41) is 24.7. The number of pyridine rings is 2. The number of allylic oxidation sites excluding steroid dienone is 4. The minimum absolute atomic E-state index is 0.0121. The highest BCUT2D eigenvalue weighted by molar-refractivity contribution is 6.05. The number of carbonyl (C=O) groups is 2. The number of piperazine rings is 2. The number of aliphatic hydroxyl groups excluding tert-OH is 1. The number of aliphatic hydroxyl groups is 1. The number of anilines is 5. The summed E-state index contributed by atoms with van der Waals surface area (Å²) in [6.07, 6.45) is 18.2. The number of amides is 2. The van der Waals surface area contributed by atoms with E-state index >= 15 is 0 Å². The molecular formula is C49H60N12O6. The Morgan fingerprint density at radius 2 is 1.79 bits per heavy atom. The van der Waals surface area contributed by atoms with Crippen LogP contribution < -0.4 is 40.7 Å². The Kier molecular flexibility index (Phi) is 14.5. The Morgan fingerprint density at radius 3 is 2.55 bits per heavy atom. The van der Waals surface area contributed by atoms with Gasteiger partial charge in [-0.15, -0.1) is 0 Å². The fourth-order valence-electron chi connectivity index (χ4n) is 9.67. The van der Waals surface area contributed by atoms with E-state index in [0.717, 1.165) is 81.9 Å². The van der Waals surface area contributed by atoms with Gasteiger partial charge in [-0.2, -0.15) is 4.98 Å². The molecule has 4 aromatic rings. The lowest BCUT2D eigenvalue weighted by Gasteiger charge is -2.36. The molecular weight excluding hydrogens is 853 g/mol. The molecule has 0 spiro atoms. The van der Waals surface area contributed by atoms with Gasteiger partial charge in [0.25, 0.3) is 5.91 Å². The fraction of sp³-hybridized carbons (Fsp3) is 0.429. The van der Waals surface area contributed by atoms with Crippen molar-refractivity contribution in [1.82, 2.24) is 30.5 Å². The van der Waals surface area contributed by atoms with Crippen LogP contribution in [0.25, 0.3) is 0 Å². The summed E-state index contributed by atoms with van der Waals surface area (Å²) in [6, 6.07) is 11.0. The molecule has 18 heteroatoms. The maximum Gasteiger partial charge on any atom is 0.305 e. The van der Waals surface area contributed by atoms with Crippen molar-refractivity contribution in [3.8, 4) is 5.75 Å². The van der Waals surface area contributed by atoms with E-state index in [1.54, 1.807) is 31.9 Å². The largest absolute Gasteiger partial charge is 0.497 e. The third kappa shape index (κ3) is 10.7. The first-order chi connectivity index (χ1) is 32.8. The molecule has 1 aliphatic carbocycles. The lowest BCUT2D eigenvalue weighted by molar-refractivity contribution is -0.117. The van der Waals surface area contributed by atoms with Gasteiger partial charge in [0.1, 0.15) is 18.2 Å². The Hall–Kier alpha value is -6.60. The number of nitrogens with one attached hydrogen (secondary N) is 4. The van der Waals surface area contributed by atoms with Crippen molar-refractivity contribution >= 4 is 47.3 Å². The average Bonchev–Trinajstić information content (AvgIpc) is 4.00. The zero-order chi connectivity index (χ0) is 46.1. The van der Waals surface area contributed by atoms with Crippen LogP contribution >= 0.6 is 0 Å². The van der Waals surface area contributed by atoms with Gasteiger partial charge >= 0.3 is 6.01 Å². The van der Waals surface area contributed by atoms with Crippen LogP contribution in [-0.2, 0) is 9.53 Å². The first kappa shape index (κ1) is 45.6. The van der Waals surface area contributed by atoms with Gasteiger partial charge in [-0.1, -0.05) is 35.9 Å². The number of ether oxygens (including phenoxy) is 2. The van der Waals surface area contributed by atoms with Gasteiger partial charge in [0.15, 0.2) is 12.0 Å². The normalized spacial score (nSPS) is 21.2. The van der Waals surface area contributed by atoms with Crippen molar-refractivity contribution in [2.45, 2.75) is 50.3 Å². The van der Waals surface area contributed by atoms with Crippen molar-refractivity contribution < 1.29 is 28.6 Å². The molecule has 3 atom stereocenters. The quantitative estimate of drug-likeness (QED) is 0.0569. The summed E-state index contributed by atoms with van der Waals surface area (Å²) in [5.41, 5.74) is 5.58. The minimum Gasteiger partial charge on any atom is -0.497 e. The third-order valence-corrected chi connectivity index (χ3v) is 13.3. The number of methoxy groups -OCH3 is 1. The van der Waals surface area contributed by atoms with E-state index in [0.29, 0.717) is 61.6 Å². The molecule has 4 saturated heterocycles. The van der Waals surface area contributed by atoms with Gasteiger partial charge in [-0.25, -0.2) is 0 Å². The fourth-order valence-corrected chi connectivity index (χ4v) is 9.67. The molecule has 4 fully saturated rings. The third-order valence-electron chi connectivity index (χ3n) is 13.3. The van der Waals surface area contributed by atoms with Crippen LogP contribution in [0.3, 0.4) is 0 Å². The van der Waals surface area contributed by atoms with Crippen LogP contribution in [0.1, 0.15) is 65.9 Å². The molecule has 0 bridgehead atoms. The summed E-state index contributed by atoms with van der Waals surface area (Å²) in [4.78, 5) is 53.9. The number of hydrogen-bond donors (Lipinski definition) is 5. The van der Waals surface area contributed by atoms with Crippen molar-refractivity contribution in [2.24, 2.45) is 10.9 Å². The summed E-state index contributed by atoms with van der Waals surface area (Å²) in [5.74, 6) is 0.711. The summed E-state index contributed by atoms with van der Waals surface area (Å²) in [6.45, 7) is 10.7. The molecule has 2 amide bonds. The average molecular weight is 913 g/mol. The number of oxazole rings is 1. The van der Waals surface area contributed by atoms with E-state index in [-0.39, 0.29) is 35.8 Å². The molecule has 0 radical (unpaired) electrons. The highest BCUT2D eigenvalue weighted by Crippen LogP contribution is 2.37. The van der Waals surface area contributed by atoms with Crippen molar-refractivity contribution in [1.29, 1.82) is 0 Å². The van der Waals surface area contributed by atoms with Crippen LogP contribution in [0.5, 0.6) is 5.75 Å². The van der Waals surface area contributed by atoms with Crippen LogP contribution in [0.2, 0.25) is 0 Å². The Morgan fingerprint density at radius 1 is 1.01 bits per heavy atom. The molecule has 67 heavy (non-hydrogen) atoms. The summed E-state index contributed by atoms with van der Waals surface area (Å²) < 4.78 is 18.0. The molecule has 3 aromatic heterocycles. The van der Waals surface area contributed by atoms with E-state index in [1.165, 1.54) is 16.7 Å². The summed E-state index contributed by atoms with van der Waals surface area (Å²) in [7, 11) is 1.62. The Bertz CT molecular complexity index is 2480. The first-order valence-corrected chi connectivity index (χ1v) is 23.2. The SMILES string of the molecule is C=NC=C(OCN1CCC(C2=CC=CCC2)CC1)C(O)Nc1cnccc1N1CCNC(c2nc(N3CC(c4cccc(OC)c4)CC3=O)oc2C(=O)Nc2cnccc2N2CCNCC2)C1. The molecule has 5 N–H and O–H groups in total. The second kappa shape index (κ2) is 21.4. The van der Waals surface area contributed by atoms with Gasteiger partial charge in [-0.05, 0) is 68.1 Å². The number of nitrogens with zero attached hydrogens (tertiary/aromatic N) is 8. The standard InChI is InChI=1S/C49H60N12O6/c1-50-29-43(66-32-58-20-13-34(14-21-58)33-7-4-3-5-8-33)47(63)55-39-28-53-16-12-42(39)60-24-19-54-40(31-60)45-46(48(64)56-38-27-52-15-11-41(38)59-22-17-51-18-23-59)67-49(57-45)61-30-36(26-44(61)62)35-9-6-10-37(25-35)65-2/h3-4,6-7,9-12,15-16,25,27-29,34,36,40,47,51,54-55,63H,1,5,8,13-14,17-24,26,30-32H2,2H3,(H,56,64). The van der Waals surface area contributed by atoms with Crippen LogP contribution in [0.15, 0.2) is 106 Å². The minimum atomic E-state index is -1.25. The molecule has 352 valence electrons. The molecule has 3 unspecified atom stereocenters. The molecule has 0 saturated carbocycles. The number of rotatable bonds is 16. The van der Waals surface area contributed by atoms with E-state index in [9.17, 15) is 14.7 Å². The zero-order valence-electron chi connectivity index (χ0n) is 38.0.